The zero-order chi connectivity index (χ0) is 20.5. The van der Waals surface area contributed by atoms with Crippen LogP contribution in [0.15, 0.2) is 53.3 Å². The summed E-state index contributed by atoms with van der Waals surface area (Å²) in [6.45, 7) is -0.0148. The highest BCUT2D eigenvalue weighted by Crippen LogP contribution is 2.22. The molecule has 10 heteroatoms. The molecule has 29 heavy (non-hydrogen) atoms. The molecular formula is C19H15ClFN5O3. The quantitative estimate of drug-likeness (QED) is 0.691. The van der Waals surface area contributed by atoms with Crippen molar-refractivity contribution in [2.45, 2.75) is 19.6 Å². The van der Waals surface area contributed by atoms with E-state index < -0.39 is 23.4 Å². The standard InChI is InChI=1S/C19H15ClFN5O3/c20-13-3-1-2-12(8-13)9-22-17(27)11-25-19(29)26-16(23-25)10-24(18(26)28)15-6-4-14(21)5-7-15/h1-8H,9-11H2,(H,22,27). The Kier molecular flexibility index (Phi) is 4.89. The van der Waals surface area contributed by atoms with E-state index in [1.165, 1.54) is 29.2 Å². The van der Waals surface area contributed by atoms with Crippen LogP contribution in [-0.4, -0.2) is 26.3 Å². The molecule has 2 aromatic carbocycles. The lowest BCUT2D eigenvalue weighted by Crippen LogP contribution is -2.37. The minimum Gasteiger partial charge on any atom is -0.350 e. The van der Waals surface area contributed by atoms with Gasteiger partial charge in [0.05, 0.1) is 6.54 Å². The van der Waals surface area contributed by atoms with E-state index in [4.69, 9.17) is 11.6 Å². The number of amides is 2. The predicted octanol–water partition coefficient (Wildman–Crippen LogP) is 2.14. The van der Waals surface area contributed by atoms with Gasteiger partial charge in [-0.15, -0.1) is 0 Å². The Morgan fingerprint density at radius 2 is 1.93 bits per heavy atom. The molecule has 2 heterocycles. The van der Waals surface area contributed by atoms with Gasteiger partial charge >= 0.3 is 11.7 Å². The fourth-order valence-corrected chi connectivity index (χ4v) is 3.26. The van der Waals surface area contributed by atoms with Crippen molar-refractivity contribution >= 4 is 29.2 Å². The van der Waals surface area contributed by atoms with E-state index in [1.807, 2.05) is 6.07 Å². The second-order valence-electron chi connectivity index (χ2n) is 6.44. The van der Waals surface area contributed by atoms with Gasteiger partial charge in [0.2, 0.25) is 5.91 Å². The second kappa shape index (κ2) is 7.51. The minimum absolute atomic E-state index is 0.0524. The third kappa shape index (κ3) is 3.77. The summed E-state index contributed by atoms with van der Waals surface area (Å²) in [4.78, 5) is 38.6. The number of rotatable bonds is 5. The van der Waals surface area contributed by atoms with Crippen LogP contribution in [0.2, 0.25) is 5.02 Å². The molecule has 148 valence electrons. The zero-order valence-electron chi connectivity index (χ0n) is 15.0. The zero-order valence-corrected chi connectivity index (χ0v) is 15.8. The van der Waals surface area contributed by atoms with Crippen molar-refractivity contribution in [2.24, 2.45) is 0 Å². The van der Waals surface area contributed by atoms with Crippen LogP contribution in [0.1, 0.15) is 11.4 Å². The summed E-state index contributed by atoms with van der Waals surface area (Å²) in [6.07, 6.45) is 0. The second-order valence-corrected chi connectivity index (χ2v) is 6.88. The molecule has 0 radical (unpaired) electrons. The fraction of sp³-hybridized carbons (Fsp3) is 0.158. The van der Waals surface area contributed by atoms with Gasteiger partial charge in [-0.3, -0.25) is 9.69 Å². The number of carbonyl (C=O) groups is 2. The van der Waals surface area contributed by atoms with Crippen LogP contribution in [-0.2, 0) is 24.4 Å². The number of benzene rings is 2. The maximum Gasteiger partial charge on any atom is 0.354 e. The van der Waals surface area contributed by atoms with E-state index in [0.29, 0.717) is 10.7 Å². The van der Waals surface area contributed by atoms with Crippen LogP contribution in [0.3, 0.4) is 0 Å². The van der Waals surface area contributed by atoms with Crippen LogP contribution in [0.25, 0.3) is 0 Å². The van der Waals surface area contributed by atoms with Crippen molar-refractivity contribution < 1.29 is 14.0 Å². The lowest BCUT2D eigenvalue weighted by Gasteiger charge is -2.14. The number of halogens is 2. The SMILES string of the molecule is O=C(Cn1nc2n(c1=O)C(=O)N(c1ccc(F)cc1)C2)NCc1cccc(Cl)c1. The smallest absolute Gasteiger partial charge is 0.350 e. The summed E-state index contributed by atoms with van der Waals surface area (Å²) >= 11 is 5.91. The van der Waals surface area contributed by atoms with E-state index in [-0.39, 0.29) is 25.5 Å². The molecule has 0 spiro atoms. The molecule has 1 aliphatic rings. The lowest BCUT2D eigenvalue weighted by molar-refractivity contribution is -0.122. The molecule has 0 saturated heterocycles. The molecule has 0 fully saturated rings. The van der Waals surface area contributed by atoms with Crippen molar-refractivity contribution in [2.75, 3.05) is 4.90 Å². The molecule has 0 aliphatic carbocycles. The third-order valence-electron chi connectivity index (χ3n) is 4.44. The Balaban J connectivity index is 1.44. The summed E-state index contributed by atoms with van der Waals surface area (Å²) < 4.78 is 14.9. The molecule has 0 bridgehead atoms. The Hall–Kier alpha value is -3.46. The number of nitrogens with zero attached hydrogens (tertiary/aromatic N) is 4. The van der Waals surface area contributed by atoms with Gasteiger partial charge in [-0.05, 0) is 42.0 Å². The molecule has 1 N–H and O–H groups in total. The average Bonchev–Trinajstić information content (AvgIpc) is 3.17. The van der Waals surface area contributed by atoms with Gasteiger partial charge in [0, 0.05) is 17.3 Å². The average molecular weight is 416 g/mol. The molecule has 1 aliphatic heterocycles. The highest BCUT2D eigenvalue weighted by molar-refractivity contribution is 6.30. The summed E-state index contributed by atoms with van der Waals surface area (Å²) in [5.41, 5.74) is 0.565. The van der Waals surface area contributed by atoms with Gasteiger partial charge in [-0.25, -0.2) is 18.7 Å². The molecule has 0 unspecified atom stereocenters. The van der Waals surface area contributed by atoms with E-state index in [0.717, 1.165) is 14.8 Å². The fourth-order valence-electron chi connectivity index (χ4n) is 3.04. The summed E-state index contributed by atoms with van der Waals surface area (Å²) in [5, 5.41) is 7.33. The molecule has 1 aromatic heterocycles. The van der Waals surface area contributed by atoms with Crippen LogP contribution in [0.4, 0.5) is 14.9 Å². The topological polar surface area (TPSA) is 89.2 Å². The van der Waals surface area contributed by atoms with Gasteiger partial charge in [0.1, 0.15) is 12.4 Å². The Morgan fingerprint density at radius 1 is 1.17 bits per heavy atom. The summed E-state index contributed by atoms with van der Waals surface area (Å²) in [5.74, 6) is -0.636. The number of aromatic nitrogens is 3. The Morgan fingerprint density at radius 3 is 2.62 bits per heavy atom. The van der Waals surface area contributed by atoms with Gasteiger partial charge in [0.25, 0.3) is 0 Å². The van der Waals surface area contributed by atoms with Crippen molar-refractivity contribution in [1.29, 1.82) is 0 Å². The largest absolute Gasteiger partial charge is 0.354 e. The molecule has 2 amide bonds. The maximum atomic E-state index is 13.1. The monoisotopic (exact) mass is 415 g/mol. The normalized spacial score (nSPS) is 12.9. The third-order valence-corrected chi connectivity index (χ3v) is 4.67. The van der Waals surface area contributed by atoms with Crippen molar-refractivity contribution in [3.63, 3.8) is 0 Å². The van der Waals surface area contributed by atoms with Gasteiger partial charge in [-0.2, -0.15) is 9.67 Å². The molecule has 8 nitrogen and oxygen atoms in total. The van der Waals surface area contributed by atoms with Gasteiger partial charge in [-0.1, -0.05) is 23.7 Å². The van der Waals surface area contributed by atoms with Gasteiger partial charge in [0.15, 0.2) is 5.82 Å². The number of anilines is 1. The first-order valence-corrected chi connectivity index (χ1v) is 9.07. The Labute approximate surface area is 169 Å². The Bertz CT molecular complexity index is 1160. The van der Waals surface area contributed by atoms with E-state index in [1.54, 1.807) is 18.2 Å². The van der Waals surface area contributed by atoms with Gasteiger partial charge < -0.3 is 5.32 Å². The van der Waals surface area contributed by atoms with Crippen LogP contribution in [0.5, 0.6) is 0 Å². The maximum absolute atomic E-state index is 13.1. The highest BCUT2D eigenvalue weighted by atomic mass is 35.5. The molecule has 0 saturated carbocycles. The molecule has 3 aromatic rings. The first-order valence-electron chi connectivity index (χ1n) is 8.69. The molecule has 4 rings (SSSR count). The molecular weight excluding hydrogens is 401 g/mol. The minimum atomic E-state index is -0.701. The van der Waals surface area contributed by atoms with Crippen molar-refractivity contribution in [3.05, 3.63) is 81.2 Å². The van der Waals surface area contributed by atoms with Crippen molar-refractivity contribution in [3.8, 4) is 0 Å². The number of carbonyl (C=O) groups excluding carboxylic acids is 2. The number of hydrogen-bond donors (Lipinski definition) is 1. The highest BCUT2D eigenvalue weighted by Gasteiger charge is 2.33. The van der Waals surface area contributed by atoms with E-state index in [2.05, 4.69) is 10.4 Å². The predicted molar refractivity (Wildman–Crippen MR) is 103 cm³/mol. The molecule has 0 atom stereocenters. The van der Waals surface area contributed by atoms with Crippen LogP contribution < -0.4 is 15.9 Å². The summed E-state index contributed by atoms with van der Waals surface area (Å²) in [6, 6.07) is 11.8. The van der Waals surface area contributed by atoms with Crippen molar-refractivity contribution in [1.82, 2.24) is 19.7 Å². The number of fused-ring (bicyclic) bond motifs is 1. The van der Waals surface area contributed by atoms with E-state index >= 15 is 0 Å². The lowest BCUT2D eigenvalue weighted by atomic mass is 10.2. The number of hydrogen-bond acceptors (Lipinski definition) is 4. The van der Waals surface area contributed by atoms with E-state index in [9.17, 15) is 18.8 Å². The van der Waals surface area contributed by atoms with Crippen LogP contribution >= 0.6 is 11.6 Å². The van der Waals surface area contributed by atoms with Crippen LogP contribution in [0, 0.1) is 5.82 Å². The summed E-state index contributed by atoms with van der Waals surface area (Å²) in [7, 11) is 0. The first kappa shape index (κ1) is 18.9. The first-order chi connectivity index (χ1) is 13.9. The number of nitrogens with one attached hydrogen (secondary N) is 1.